The molecule has 0 saturated heterocycles. The summed E-state index contributed by atoms with van der Waals surface area (Å²) in [5.74, 6) is 1.45. The molecule has 12 heavy (non-hydrogen) atoms. The number of hydrogen-bond donors (Lipinski definition) is 0. The number of benzene rings is 1. The molecule has 2 heteroatoms. The third-order valence-corrected chi connectivity index (χ3v) is 1.97. The van der Waals surface area contributed by atoms with Gasteiger partial charge in [0.1, 0.15) is 5.75 Å². The van der Waals surface area contributed by atoms with Crippen molar-refractivity contribution in [1.29, 1.82) is 0 Å². The highest BCUT2D eigenvalue weighted by atomic mass is 79.9. The number of rotatable bonds is 3. The van der Waals surface area contributed by atoms with Gasteiger partial charge in [0, 0.05) is 0 Å². The summed E-state index contributed by atoms with van der Waals surface area (Å²) in [7, 11) is 0. The zero-order chi connectivity index (χ0) is 8.97. The van der Waals surface area contributed by atoms with E-state index in [2.05, 4.69) is 35.8 Å². The van der Waals surface area contributed by atoms with E-state index in [4.69, 9.17) is 4.74 Å². The molecule has 1 nitrogen and oxygen atoms in total. The molecule has 0 heterocycles. The quantitative estimate of drug-likeness (QED) is 0.771. The Hall–Kier alpha value is -0.500. The predicted molar refractivity (Wildman–Crippen MR) is 53.3 cm³/mol. The Labute approximate surface area is 81.9 Å². The van der Waals surface area contributed by atoms with Crippen molar-refractivity contribution >= 4 is 15.9 Å². The van der Waals surface area contributed by atoms with E-state index in [1.165, 1.54) is 0 Å². The number of ether oxygens (including phenoxy) is 1. The molecule has 0 aliphatic rings. The van der Waals surface area contributed by atoms with Gasteiger partial charge in [0.15, 0.2) is 0 Å². The Bertz CT molecular complexity index is 245. The average molecular weight is 228 g/mol. The van der Waals surface area contributed by atoms with E-state index in [0.29, 0.717) is 5.92 Å². The largest absolute Gasteiger partial charge is 0.492 e. The summed E-state index contributed by atoms with van der Waals surface area (Å²) in [4.78, 5) is 0. The van der Waals surface area contributed by atoms with Crippen LogP contribution in [0.3, 0.4) is 0 Å². The first-order chi connectivity index (χ1) is 5.70. The minimum Gasteiger partial charge on any atom is -0.492 e. The van der Waals surface area contributed by atoms with Gasteiger partial charge in [-0.1, -0.05) is 19.9 Å². The average Bonchev–Trinajstić information content (AvgIpc) is 2.03. The van der Waals surface area contributed by atoms with Crippen molar-refractivity contribution in [2.45, 2.75) is 13.8 Å². The summed E-state index contributed by atoms with van der Waals surface area (Å²) in [6.45, 7) is 5.01. The predicted octanol–water partition coefficient (Wildman–Crippen LogP) is 3.28. The molecule has 0 N–H and O–H groups in total. The van der Waals surface area contributed by atoms with Crippen LogP contribution in [0.25, 0.3) is 0 Å². The summed E-state index contributed by atoms with van der Waals surface area (Å²) in [5.41, 5.74) is 0. The molecule has 0 atom stereocenters. The molecule has 0 amide bonds. The van der Waals surface area contributed by atoms with Gasteiger partial charge in [-0.05, 0) is 40.0 Å². The first-order valence-corrected chi connectivity index (χ1v) is 4.78. The maximum Gasteiger partial charge on any atom is 0.133 e. The van der Waals surface area contributed by atoms with E-state index < -0.39 is 0 Å². The zero-order valence-electron chi connectivity index (χ0n) is 7.30. The molecule has 0 aliphatic carbocycles. The Morgan fingerprint density at radius 2 is 2.33 bits per heavy atom. The fourth-order valence-electron chi connectivity index (χ4n) is 0.769. The second-order valence-corrected chi connectivity index (χ2v) is 3.92. The van der Waals surface area contributed by atoms with Crippen LogP contribution in [0.4, 0.5) is 0 Å². The summed E-state index contributed by atoms with van der Waals surface area (Å²) in [6.07, 6.45) is 0. The van der Waals surface area contributed by atoms with Crippen molar-refractivity contribution in [2.75, 3.05) is 6.61 Å². The molecule has 65 valence electrons. The normalized spacial score (nSPS) is 10.3. The van der Waals surface area contributed by atoms with Crippen LogP contribution in [0, 0.1) is 12.0 Å². The summed E-state index contributed by atoms with van der Waals surface area (Å²) in [6, 6.07) is 8.58. The van der Waals surface area contributed by atoms with E-state index in [-0.39, 0.29) is 0 Å². The van der Waals surface area contributed by atoms with Gasteiger partial charge in [-0.3, -0.25) is 0 Å². The van der Waals surface area contributed by atoms with E-state index >= 15 is 0 Å². The summed E-state index contributed by atoms with van der Waals surface area (Å²) >= 11 is 3.39. The van der Waals surface area contributed by atoms with Crippen LogP contribution in [0.1, 0.15) is 13.8 Å². The lowest BCUT2D eigenvalue weighted by Gasteiger charge is -2.09. The highest BCUT2D eigenvalue weighted by Gasteiger charge is 1.99. The van der Waals surface area contributed by atoms with Crippen molar-refractivity contribution in [2.24, 2.45) is 5.92 Å². The summed E-state index contributed by atoms with van der Waals surface area (Å²) < 4.78 is 6.49. The Morgan fingerprint density at radius 1 is 1.58 bits per heavy atom. The molecule has 0 unspecified atom stereocenters. The lowest BCUT2D eigenvalue weighted by atomic mass is 10.2. The van der Waals surface area contributed by atoms with Gasteiger partial charge in [0.2, 0.25) is 0 Å². The molecule has 0 spiro atoms. The molecular weight excluding hydrogens is 216 g/mol. The third-order valence-electron chi connectivity index (χ3n) is 1.35. The van der Waals surface area contributed by atoms with Crippen molar-refractivity contribution in [3.63, 3.8) is 0 Å². The van der Waals surface area contributed by atoms with Crippen LogP contribution in [0.15, 0.2) is 22.7 Å². The van der Waals surface area contributed by atoms with Gasteiger partial charge in [-0.15, -0.1) is 0 Å². The maximum atomic E-state index is 5.53. The van der Waals surface area contributed by atoms with Crippen LogP contribution in [0.5, 0.6) is 5.75 Å². The van der Waals surface area contributed by atoms with E-state index in [1.807, 2.05) is 18.2 Å². The molecule has 1 rings (SSSR count). The smallest absolute Gasteiger partial charge is 0.133 e. The van der Waals surface area contributed by atoms with E-state index in [1.54, 1.807) is 0 Å². The van der Waals surface area contributed by atoms with Crippen LogP contribution in [-0.4, -0.2) is 6.61 Å². The van der Waals surface area contributed by atoms with E-state index in [9.17, 15) is 0 Å². The Morgan fingerprint density at radius 3 is 2.92 bits per heavy atom. The molecule has 1 radical (unpaired) electrons. The molecule has 1 aromatic rings. The van der Waals surface area contributed by atoms with Crippen LogP contribution in [0.2, 0.25) is 0 Å². The number of halogens is 1. The van der Waals surface area contributed by atoms with Crippen molar-refractivity contribution in [1.82, 2.24) is 0 Å². The lowest BCUT2D eigenvalue weighted by molar-refractivity contribution is 0.269. The minimum atomic E-state index is 0.557. The maximum absolute atomic E-state index is 5.53. The molecule has 1 aromatic carbocycles. The van der Waals surface area contributed by atoms with Gasteiger partial charge in [-0.2, -0.15) is 0 Å². The van der Waals surface area contributed by atoms with Crippen LogP contribution < -0.4 is 4.74 Å². The molecule has 0 fully saturated rings. The Balaban J connectivity index is 2.57. The van der Waals surface area contributed by atoms with Crippen molar-refractivity contribution in [3.8, 4) is 5.75 Å². The van der Waals surface area contributed by atoms with Gasteiger partial charge in [0.05, 0.1) is 11.1 Å². The van der Waals surface area contributed by atoms with Gasteiger partial charge in [0.25, 0.3) is 0 Å². The first-order valence-electron chi connectivity index (χ1n) is 3.98. The monoisotopic (exact) mass is 227 g/mol. The summed E-state index contributed by atoms with van der Waals surface area (Å²) in [5, 5.41) is 0. The lowest BCUT2D eigenvalue weighted by Crippen LogP contribution is -2.04. The fraction of sp³-hybridized carbons (Fsp3) is 0.400. The van der Waals surface area contributed by atoms with Crippen molar-refractivity contribution < 1.29 is 4.74 Å². The van der Waals surface area contributed by atoms with Crippen molar-refractivity contribution in [3.05, 3.63) is 28.7 Å². The zero-order valence-corrected chi connectivity index (χ0v) is 8.89. The minimum absolute atomic E-state index is 0.557. The highest BCUT2D eigenvalue weighted by Crippen LogP contribution is 2.23. The van der Waals surface area contributed by atoms with Crippen LogP contribution >= 0.6 is 15.9 Å². The Kier molecular flexibility index (Phi) is 3.60. The SMILES string of the molecule is CC(C)COc1cc[c]cc1Br. The van der Waals surface area contributed by atoms with Gasteiger partial charge >= 0.3 is 0 Å². The molecule has 0 aliphatic heterocycles. The molecular formula is C10H12BrO. The number of hydrogen-bond acceptors (Lipinski definition) is 1. The van der Waals surface area contributed by atoms with E-state index in [0.717, 1.165) is 16.8 Å². The molecule has 0 bridgehead atoms. The second kappa shape index (κ2) is 4.51. The second-order valence-electron chi connectivity index (χ2n) is 3.06. The molecule has 0 aromatic heterocycles. The first kappa shape index (κ1) is 9.59. The standard InChI is InChI=1S/C10H12BrO/c1-8(2)7-12-10-6-4-3-5-9(10)11/h4-6,8H,7H2,1-2H3. The van der Waals surface area contributed by atoms with Crippen LogP contribution in [-0.2, 0) is 0 Å². The topological polar surface area (TPSA) is 9.23 Å². The van der Waals surface area contributed by atoms with Gasteiger partial charge in [-0.25, -0.2) is 0 Å². The highest BCUT2D eigenvalue weighted by molar-refractivity contribution is 9.10. The third kappa shape index (κ3) is 2.86. The fourth-order valence-corrected chi connectivity index (χ4v) is 1.15. The van der Waals surface area contributed by atoms with Gasteiger partial charge < -0.3 is 4.74 Å². The molecule has 0 saturated carbocycles.